The lowest BCUT2D eigenvalue weighted by atomic mass is 10.0. The first kappa shape index (κ1) is 36.0. The Kier molecular flexibility index (Phi) is 12.9. The summed E-state index contributed by atoms with van der Waals surface area (Å²) in [6, 6.07) is 13.9. The summed E-state index contributed by atoms with van der Waals surface area (Å²) in [6.07, 6.45) is -0.553. The molecule has 262 valence electrons. The first-order valence-electron chi connectivity index (χ1n) is 17.9. The van der Waals surface area contributed by atoms with Crippen molar-refractivity contribution < 1.29 is 20.4 Å². The summed E-state index contributed by atoms with van der Waals surface area (Å²) >= 11 is 0. The molecule has 2 aliphatic heterocycles. The van der Waals surface area contributed by atoms with E-state index in [1.54, 1.807) is 0 Å². The van der Waals surface area contributed by atoms with Gasteiger partial charge in [0.2, 0.25) is 0 Å². The average molecular weight is 653 g/mol. The standard InChI is InChI=1S/C37H60N6O4/c1-28(44)24-38-9-10-39(25-29(2)45)14-18-42(17-13-38)34-7-5-32-21-33-6-8-35(23-37(33)36(32)22-34)43-19-15-40(26-30(3)46)11-12-41(16-20-43)27-31(4)47/h5-8,22-23,28-31,44-47H,9-21,24-27H2,1-4H3/t28-,29-,30-,31-/m0/s1. The smallest absolute Gasteiger partial charge is 0.0639 e. The first-order chi connectivity index (χ1) is 22.5. The lowest BCUT2D eigenvalue weighted by molar-refractivity contribution is 0.102. The fourth-order valence-electron chi connectivity index (χ4n) is 7.56. The van der Waals surface area contributed by atoms with Crippen LogP contribution in [0.15, 0.2) is 36.4 Å². The third-order valence-electron chi connectivity index (χ3n) is 9.89. The van der Waals surface area contributed by atoms with E-state index in [4.69, 9.17) is 0 Å². The lowest BCUT2D eigenvalue weighted by Crippen LogP contribution is -2.41. The number of fused-ring (bicyclic) bond motifs is 3. The van der Waals surface area contributed by atoms with Gasteiger partial charge in [0.05, 0.1) is 24.4 Å². The van der Waals surface area contributed by atoms with E-state index in [2.05, 4.69) is 65.8 Å². The van der Waals surface area contributed by atoms with Gasteiger partial charge in [-0.2, -0.15) is 0 Å². The van der Waals surface area contributed by atoms with Crippen molar-refractivity contribution >= 4 is 11.4 Å². The molecule has 4 atom stereocenters. The largest absolute Gasteiger partial charge is 0.392 e. The quantitative estimate of drug-likeness (QED) is 0.259. The maximum absolute atomic E-state index is 10.1. The Morgan fingerprint density at radius 3 is 1.00 bits per heavy atom. The summed E-state index contributed by atoms with van der Waals surface area (Å²) in [5.74, 6) is 0. The van der Waals surface area contributed by atoms with E-state index in [0.717, 1.165) is 85.0 Å². The number of hydrogen-bond donors (Lipinski definition) is 4. The summed E-state index contributed by atoms with van der Waals surface area (Å²) < 4.78 is 0. The zero-order valence-corrected chi connectivity index (χ0v) is 29.3. The fourth-order valence-corrected chi connectivity index (χ4v) is 7.56. The number of benzene rings is 2. The molecule has 2 aromatic rings. The molecule has 0 radical (unpaired) electrons. The van der Waals surface area contributed by atoms with Gasteiger partial charge in [0.15, 0.2) is 0 Å². The number of rotatable bonds is 10. The Balaban J connectivity index is 1.37. The van der Waals surface area contributed by atoms with Crippen LogP contribution in [-0.2, 0) is 6.42 Å². The predicted molar refractivity (Wildman–Crippen MR) is 192 cm³/mol. The van der Waals surface area contributed by atoms with Crippen LogP contribution in [0.1, 0.15) is 38.8 Å². The minimum Gasteiger partial charge on any atom is -0.392 e. The van der Waals surface area contributed by atoms with E-state index < -0.39 is 0 Å². The first-order valence-corrected chi connectivity index (χ1v) is 17.9. The zero-order valence-electron chi connectivity index (χ0n) is 29.3. The molecule has 1 aliphatic carbocycles. The van der Waals surface area contributed by atoms with Gasteiger partial charge in [0.25, 0.3) is 0 Å². The average Bonchev–Trinajstić information content (AvgIpc) is 3.43. The van der Waals surface area contributed by atoms with Gasteiger partial charge in [-0.05, 0) is 80.6 Å². The maximum atomic E-state index is 10.1. The second-order valence-electron chi connectivity index (χ2n) is 14.4. The van der Waals surface area contributed by atoms with Crippen molar-refractivity contribution in [1.82, 2.24) is 19.6 Å². The minimum absolute atomic E-state index is 0.374. The summed E-state index contributed by atoms with van der Waals surface area (Å²) in [5.41, 5.74) is 7.82. The third kappa shape index (κ3) is 10.4. The maximum Gasteiger partial charge on any atom is 0.0639 e. The molecule has 2 heterocycles. The van der Waals surface area contributed by atoms with E-state index in [0.29, 0.717) is 26.2 Å². The van der Waals surface area contributed by atoms with Crippen LogP contribution >= 0.6 is 0 Å². The molecule has 0 amide bonds. The molecule has 0 bridgehead atoms. The Morgan fingerprint density at radius 1 is 0.447 bits per heavy atom. The van der Waals surface area contributed by atoms with Gasteiger partial charge in [-0.3, -0.25) is 19.6 Å². The van der Waals surface area contributed by atoms with Crippen LogP contribution in [0.3, 0.4) is 0 Å². The molecular formula is C37H60N6O4. The van der Waals surface area contributed by atoms with Crippen LogP contribution in [0.25, 0.3) is 11.1 Å². The molecule has 0 spiro atoms. The van der Waals surface area contributed by atoms with Crippen LogP contribution in [0.5, 0.6) is 0 Å². The van der Waals surface area contributed by atoms with Crippen LogP contribution < -0.4 is 9.80 Å². The molecule has 10 nitrogen and oxygen atoms in total. The molecule has 10 heteroatoms. The monoisotopic (exact) mass is 652 g/mol. The molecule has 0 saturated carbocycles. The van der Waals surface area contributed by atoms with E-state index in [1.807, 2.05) is 27.7 Å². The molecule has 5 rings (SSSR count). The number of aliphatic hydroxyl groups is 4. The van der Waals surface area contributed by atoms with Crippen molar-refractivity contribution in [2.45, 2.75) is 58.5 Å². The van der Waals surface area contributed by atoms with Crippen molar-refractivity contribution in [2.24, 2.45) is 0 Å². The van der Waals surface area contributed by atoms with Crippen molar-refractivity contribution in [2.75, 3.05) is 115 Å². The highest BCUT2D eigenvalue weighted by atomic mass is 16.3. The van der Waals surface area contributed by atoms with Crippen molar-refractivity contribution in [3.63, 3.8) is 0 Å². The number of hydrogen-bond acceptors (Lipinski definition) is 10. The Labute approximate surface area is 282 Å². The van der Waals surface area contributed by atoms with Gasteiger partial charge in [0.1, 0.15) is 0 Å². The third-order valence-corrected chi connectivity index (χ3v) is 9.89. The van der Waals surface area contributed by atoms with Gasteiger partial charge in [-0.15, -0.1) is 0 Å². The predicted octanol–water partition coefficient (Wildman–Crippen LogP) is 1.63. The van der Waals surface area contributed by atoms with Crippen molar-refractivity contribution in [3.05, 3.63) is 47.5 Å². The lowest BCUT2D eigenvalue weighted by Gasteiger charge is -2.29. The molecule has 2 fully saturated rings. The van der Waals surface area contributed by atoms with Gasteiger partial charge in [-0.1, -0.05) is 12.1 Å². The summed E-state index contributed by atoms with van der Waals surface area (Å²) in [4.78, 5) is 14.4. The van der Waals surface area contributed by atoms with Gasteiger partial charge in [0, 0.05) is 116 Å². The highest BCUT2D eigenvalue weighted by molar-refractivity contribution is 5.82. The molecule has 2 aromatic carbocycles. The molecule has 0 aromatic heterocycles. The summed E-state index contributed by atoms with van der Waals surface area (Å²) in [6.45, 7) is 20.7. The molecule has 47 heavy (non-hydrogen) atoms. The SMILES string of the molecule is C[C@H](O)CN1CCN(C[C@H](C)O)CCN(c2ccc3c(c2)-c2cc(N4CCN(C[C@H](C)O)CCN(C[C@H](C)O)CC4)ccc2C3)CC1. The van der Waals surface area contributed by atoms with E-state index in [9.17, 15) is 20.4 Å². The summed E-state index contributed by atoms with van der Waals surface area (Å²) in [5, 5.41) is 40.6. The number of nitrogens with zero attached hydrogens (tertiary/aromatic N) is 6. The Bertz CT molecular complexity index is 1130. The van der Waals surface area contributed by atoms with Gasteiger partial charge >= 0.3 is 0 Å². The second kappa shape index (κ2) is 16.9. The van der Waals surface area contributed by atoms with Crippen LogP contribution in [0, 0.1) is 0 Å². The molecule has 4 N–H and O–H groups in total. The molecule has 2 saturated heterocycles. The Hall–Kier alpha value is -2.28. The molecule has 0 unspecified atom stereocenters. The molecular weight excluding hydrogens is 592 g/mol. The van der Waals surface area contributed by atoms with E-state index in [-0.39, 0.29) is 24.4 Å². The number of aliphatic hydroxyl groups excluding tert-OH is 4. The molecule has 3 aliphatic rings. The van der Waals surface area contributed by atoms with E-state index >= 15 is 0 Å². The topological polar surface area (TPSA) is 100 Å². The van der Waals surface area contributed by atoms with Crippen LogP contribution in [0.4, 0.5) is 11.4 Å². The number of anilines is 2. The number of β-amino-alcohol motifs (C(OH)–C–C–N with tert-alkyl or cyclic N) is 4. The Morgan fingerprint density at radius 2 is 0.723 bits per heavy atom. The van der Waals surface area contributed by atoms with Gasteiger partial charge in [-0.25, -0.2) is 0 Å². The van der Waals surface area contributed by atoms with Gasteiger partial charge < -0.3 is 30.2 Å². The fraction of sp³-hybridized carbons (Fsp3) is 0.676. The zero-order chi connectivity index (χ0) is 33.5. The van der Waals surface area contributed by atoms with Crippen LogP contribution in [-0.4, -0.2) is 169 Å². The normalized spacial score (nSPS) is 22.2. The highest BCUT2D eigenvalue weighted by Crippen LogP contribution is 2.40. The van der Waals surface area contributed by atoms with Crippen LogP contribution in [0.2, 0.25) is 0 Å². The minimum atomic E-state index is -0.374. The van der Waals surface area contributed by atoms with Crippen molar-refractivity contribution in [1.29, 1.82) is 0 Å². The highest BCUT2D eigenvalue weighted by Gasteiger charge is 2.25. The van der Waals surface area contributed by atoms with E-state index in [1.165, 1.54) is 33.6 Å². The summed E-state index contributed by atoms with van der Waals surface area (Å²) in [7, 11) is 0. The van der Waals surface area contributed by atoms with Crippen molar-refractivity contribution in [3.8, 4) is 11.1 Å². The second-order valence-corrected chi connectivity index (χ2v) is 14.4.